The third-order valence-electron chi connectivity index (χ3n) is 11.7. The summed E-state index contributed by atoms with van der Waals surface area (Å²) in [6, 6.07) is 68.4. The molecule has 12 rings (SSSR count). The molecule has 55 heavy (non-hydrogen) atoms. The van der Waals surface area contributed by atoms with E-state index in [1.807, 2.05) is 0 Å². The summed E-state index contributed by atoms with van der Waals surface area (Å²) in [5.41, 5.74) is 10.3. The number of aromatic nitrogens is 3. The molecule has 3 nitrogen and oxygen atoms in total. The maximum atomic E-state index is 5.61. The molecular formula is C51H31N3S. The van der Waals surface area contributed by atoms with Crippen molar-refractivity contribution in [2.24, 2.45) is 0 Å². The Morgan fingerprint density at radius 3 is 1.89 bits per heavy atom. The fourth-order valence-corrected chi connectivity index (χ4v) is 10.4. The average Bonchev–Trinajstić information content (AvgIpc) is 3.89. The second-order valence-electron chi connectivity index (χ2n) is 14.5. The number of thiophene rings is 1. The molecule has 0 spiro atoms. The van der Waals surface area contributed by atoms with Crippen molar-refractivity contribution in [2.45, 2.75) is 5.41 Å². The van der Waals surface area contributed by atoms with Crippen LogP contribution < -0.4 is 0 Å². The van der Waals surface area contributed by atoms with Gasteiger partial charge in [-0.25, -0.2) is 9.97 Å². The summed E-state index contributed by atoms with van der Waals surface area (Å²) in [6.07, 6.45) is 0. The zero-order valence-corrected chi connectivity index (χ0v) is 30.5. The predicted molar refractivity (Wildman–Crippen MR) is 230 cm³/mol. The number of fused-ring (bicyclic) bond motifs is 10. The van der Waals surface area contributed by atoms with Crippen LogP contribution >= 0.6 is 11.3 Å². The van der Waals surface area contributed by atoms with Crippen LogP contribution in [0.15, 0.2) is 188 Å². The molecule has 256 valence electrons. The summed E-state index contributed by atoms with van der Waals surface area (Å²) >= 11 is 1.74. The van der Waals surface area contributed by atoms with Crippen LogP contribution in [0.5, 0.6) is 0 Å². The van der Waals surface area contributed by atoms with Gasteiger partial charge in [0, 0.05) is 26.4 Å². The topological polar surface area (TPSA) is 30.7 Å². The first-order valence-electron chi connectivity index (χ1n) is 18.7. The van der Waals surface area contributed by atoms with Crippen molar-refractivity contribution in [3.8, 4) is 28.3 Å². The molecule has 8 aromatic carbocycles. The molecule has 11 aromatic rings. The van der Waals surface area contributed by atoms with E-state index in [2.05, 4.69) is 193 Å². The lowest BCUT2D eigenvalue weighted by atomic mass is 9.67. The number of hydrogen-bond acceptors (Lipinski definition) is 3. The number of rotatable bonds is 4. The minimum absolute atomic E-state index is 0.458. The van der Waals surface area contributed by atoms with Crippen LogP contribution in [0.2, 0.25) is 0 Å². The van der Waals surface area contributed by atoms with E-state index in [9.17, 15) is 0 Å². The molecular weight excluding hydrogens is 687 g/mol. The highest BCUT2D eigenvalue weighted by atomic mass is 32.1. The van der Waals surface area contributed by atoms with Gasteiger partial charge in [0.15, 0.2) is 11.6 Å². The van der Waals surface area contributed by atoms with Crippen molar-refractivity contribution in [1.82, 2.24) is 14.5 Å². The number of benzene rings is 8. The van der Waals surface area contributed by atoms with E-state index >= 15 is 0 Å². The lowest BCUT2D eigenvalue weighted by molar-refractivity contribution is 0.768. The molecule has 0 N–H and O–H groups in total. The second kappa shape index (κ2) is 11.6. The third kappa shape index (κ3) is 4.26. The Balaban J connectivity index is 1.16. The molecule has 0 fully saturated rings. The summed E-state index contributed by atoms with van der Waals surface area (Å²) < 4.78 is 3.58. The maximum Gasteiger partial charge on any atom is 0.163 e. The van der Waals surface area contributed by atoms with Crippen LogP contribution in [0.1, 0.15) is 22.3 Å². The molecule has 0 saturated carbocycles. The van der Waals surface area contributed by atoms with Crippen LogP contribution in [0.3, 0.4) is 0 Å². The van der Waals surface area contributed by atoms with E-state index in [-0.39, 0.29) is 0 Å². The lowest BCUT2D eigenvalue weighted by Gasteiger charge is -2.33. The SMILES string of the molecule is c1ccc(C2(c3ccccc3)c3ccccc3-c3cc(-c4nc(-n5c6ccccc6c6cc7ccccc7cc65)c5c(n4)sc4ccccc45)ccc32)cc1. The van der Waals surface area contributed by atoms with Gasteiger partial charge in [-0.1, -0.05) is 158 Å². The molecule has 3 heterocycles. The molecule has 1 aliphatic carbocycles. The second-order valence-corrected chi connectivity index (χ2v) is 15.5. The highest BCUT2D eigenvalue weighted by Crippen LogP contribution is 2.56. The van der Waals surface area contributed by atoms with E-state index in [1.54, 1.807) is 11.3 Å². The Morgan fingerprint density at radius 1 is 0.455 bits per heavy atom. The highest BCUT2D eigenvalue weighted by Gasteiger charge is 2.46. The molecule has 0 saturated heterocycles. The Bertz CT molecular complexity index is 3280. The first-order valence-corrected chi connectivity index (χ1v) is 19.6. The molecule has 0 atom stereocenters. The molecule has 1 aliphatic rings. The molecule has 0 amide bonds. The predicted octanol–water partition coefficient (Wildman–Crippen LogP) is 13.1. The lowest BCUT2D eigenvalue weighted by Crippen LogP contribution is -2.28. The van der Waals surface area contributed by atoms with Gasteiger partial charge in [-0.3, -0.25) is 4.57 Å². The maximum absolute atomic E-state index is 5.61. The van der Waals surface area contributed by atoms with Crippen LogP contribution in [-0.4, -0.2) is 14.5 Å². The highest BCUT2D eigenvalue weighted by molar-refractivity contribution is 7.25. The van der Waals surface area contributed by atoms with Gasteiger partial charge in [0.2, 0.25) is 0 Å². The fraction of sp³-hybridized carbons (Fsp3) is 0.0196. The Morgan fingerprint density at radius 2 is 1.09 bits per heavy atom. The van der Waals surface area contributed by atoms with Crippen molar-refractivity contribution in [2.75, 3.05) is 0 Å². The summed E-state index contributed by atoms with van der Waals surface area (Å²) in [6.45, 7) is 0. The summed E-state index contributed by atoms with van der Waals surface area (Å²) in [7, 11) is 0. The summed E-state index contributed by atoms with van der Waals surface area (Å²) in [5, 5.41) is 7.12. The summed E-state index contributed by atoms with van der Waals surface area (Å²) in [5.74, 6) is 1.63. The minimum atomic E-state index is -0.458. The smallest absolute Gasteiger partial charge is 0.163 e. The van der Waals surface area contributed by atoms with Crippen molar-refractivity contribution >= 4 is 64.2 Å². The minimum Gasteiger partial charge on any atom is -0.293 e. The van der Waals surface area contributed by atoms with Crippen molar-refractivity contribution in [1.29, 1.82) is 0 Å². The van der Waals surface area contributed by atoms with Gasteiger partial charge < -0.3 is 0 Å². The standard InChI is InChI=1S/C51H31N3S/c1-3-17-35(18-4-1)51(36-19-5-2-6-20-36)42-24-12-9-21-37(42)40-30-34(27-28-43(40)51)48-52-49(47-39-23-11-14-26-46(39)55-50(47)53-48)54-44-25-13-10-22-38(44)41-29-32-15-7-8-16-33(32)31-45(41)54/h1-31H. The van der Waals surface area contributed by atoms with E-state index in [1.165, 1.54) is 65.0 Å². The first-order chi connectivity index (χ1) is 27.3. The van der Waals surface area contributed by atoms with Crippen molar-refractivity contribution in [3.63, 3.8) is 0 Å². The van der Waals surface area contributed by atoms with Gasteiger partial charge in [-0.05, 0) is 74.5 Å². The first kappa shape index (κ1) is 30.6. The molecule has 3 aromatic heterocycles. The van der Waals surface area contributed by atoms with Gasteiger partial charge in [0.05, 0.1) is 21.8 Å². The van der Waals surface area contributed by atoms with E-state index < -0.39 is 5.41 Å². The molecule has 0 bridgehead atoms. The van der Waals surface area contributed by atoms with E-state index in [0.717, 1.165) is 38.5 Å². The normalized spacial score (nSPS) is 13.2. The van der Waals surface area contributed by atoms with Gasteiger partial charge >= 0.3 is 0 Å². The molecule has 0 radical (unpaired) electrons. The van der Waals surface area contributed by atoms with Gasteiger partial charge in [-0.2, -0.15) is 0 Å². The number of nitrogens with zero attached hydrogens (tertiary/aromatic N) is 3. The zero-order chi connectivity index (χ0) is 36.1. The van der Waals surface area contributed by atoms with E-state index in [0.29, 0.717) is 0 Å². The quantitative estimate of drug-likeness (QED) is 0.181. The van der Waals surface area contributed by atoms with Gasteiger partial charge in [-0.15, -0.1) is 11.3 Å². The van der Waals surface area contributed by atoms with Gasteiger partial charge in [0.1, 0.15) is 4.83 Å². The number of para-hydroxylation sites is 1. The largest absolute Gasteiger partial charge is 0.293 e. The van der Waals surface area contributed by atoms with Gasteiger partial charge in [0.25, 0.3) is 0 Å². The Labute approximate surface area is 321 Å². The van der Waals surface area contributed by atoms with Crippen LogP contribution in [-0.2, 0) is 5.41 Å². The molecule has 4 heteroatoms. The van der Waals surface area contributed by atoms with Crippen molar-refractivity contribution < 1.29 is 0 Å². The number of hydrogen-bond donors (Lipinski definition) is 0. The zero-order valence-electron chi connectivity index (χ0n) is 29.6. The summed E-state index contributed by atoms with van der Waals surface area (Å²) in [4.78, 5) is 12.0. The van der Waals surface area contributed by atoms with Crippen LogP contribution in [0.4, 0.5) is 0 Å². The fourth-order valence-electron chi connectivity index (χ4n) is 9.37. The van der Waals surface area contributed by atoms with Crippen LogP contribution in [0.25, 0.3) is 81.2 Å². The molecule has 0 unspecified atom stereocenters. The monoisotopic (exact) mass is 717 g/mol. The average molecular weight is 718 g/mol. The van der Waals surface area contributed by atoms with Crippen molar-refractivity contribution in [3.05, 3.63) is 210 Å². The van der Waals surface area contributed by atoms with Crippen LogP contribution in [0, 0.1) is 0 Å². The molecule has 0 aliphatic heterocycles. The Kier molecular flexibility index (Phi) is 6.42. The van der Waals surface area contributed by atoms with E-state index in [4.69, 9.17) is 9.97 Å². The third-order valence-corrected chi connectivity index (χ3v) is 12.8. The Hall–Kier alpha value is -6.88.